The first kappa shape index (κ1) is 19.9. The van der Waals surface area contributed by atoms with E-state index in [0.717, 1.165) is 12.3 Å². The smallest absolute Gasteiger partial charge is 0.384 e. The van der Waals surface area contributed by atoms with Crippen LogP contribution in [0.25, 0.3) is 16.9 Å². The number of halogens is 3. The Hall–Kier alpha value is -3.41. The number of alkyl halides is 3. The van der Waals surface area contributed by atoms with Crippen LogP contribution in [0.1, 0.15) is 15.9 Å². The van der Waals surface area contributed by atoms with Gasteiger partial charge in [0.05, 0.1) is 29.9 Å². The van der Waals surface area contributed by atoms with Gasteiger partial charge in [-0.05, 0) is 12.1 Å². The minimum atomic E-state index is -4.67. The molecule has 4 rings (SSSR count). The van der Waals surface area contributed by atoms with Gasteiger partial charge in [-0.1, -0.05) is 0 Å². The Morgan fingerprint density at radius 3 is 2.67 bits per heavy atom. The van der Waals surface area contributed by atoms with Crippen molar-refractivity contribution in [2.24, 2.45) is 0 Å². The van der Waals surface area contributed by atoms with E-state index in [-0.39, 0.29) is 23.1 Å². The molecule has 1 saturated heterocycles. The molecule has 0 radical (unpaired) electrons. The first-order valence-electron chi connectivity index (χ1n) is 9.06. The summed E-state index contributed by atoms with van der Waals surface area (Å²) in [4.78, 5) is 22.2. The monoisotopic (exact) mass is 421 g/mol. The van der Waals surface area contributed by atoms with Crippen LogP contribution in [0.2, 0.25) is 0 Å². The third-order valence-electron chi connectivity index (χ3n) is 4.72. The van der Waals surface area contributed by atoms with Crippen LogP contribution in [0.4, 0.5) is 24.8 Å². The van der Waals surface area contributed by atoms with Gasteiger partial charge in [-0.15, -0.1) is 5.10 Å². The van der Waals surface area contributed by atoms with Crippen molar-refractivity contribution < 1.29 is 22.7 Å². The molecule has 30 heavy (non-hydrogen) atoms. The number of hydrogen-bond donors (Lipinski definition) is 2. The number of anilines is 2. The number of nitrogens with zero attached hydrogens (tertiary/aromatic N) is 5. The molecule has 1 aliphatic rings. The standard InChI is InChI=1S/C18H18F3N7O2/c1-23-17(29)10-6-13-16(27-2-4-30-5-3-27)25-15(26-28(13)9-10)11-8-24-14(22)7-12(11)18(19,20)21/h6-9H,2-5H2,1H3,(H2,22,24)(H,23,29). The Balaban J connectivity index is 1.94. The van der Waals surface area contributed by atoms with Crippen LogP contribution >= 0.6 is 0 Å². The van der Waals surface area contributed by atoms with Crippen molar-refractivity contribution in [2.45, 2.75) is 6.18 Å². The highest BCUT2D eigenvalue weighted by Gasteiger charge is 2.35. The van der Waals surface area contributed by atoms with Crippen molar-refractivity contribution in [2.75, 3.05) is 44.0 Å². The molecule has 9 nitrogen and oxygen atoms in total. The number of nitrogens with two attached hydrogens (primary N) is 1. The predicted octanol–water partition coefficient (Wildman–Crippen LogP) is 1.59. The van der Waals surface area contributed by atoms with Gasteiger partial charge in [0.1, 0.15) is 11.3 Å². The molecule has 0 bridgehead atoms. The molecule has 3 aromatic rings. The maximum atomic E-state index is 13.6. The van der Waals surface area contributed by atoms with Gasteiger partial charge < -0.3 is 20.7 Å². The fourth-order valence-corrected chi connectivity index (χ4v) is 3.26. The highest BCUT2D eigenvalue weighted by molar-refractivity contribution is 5.96. The number of pyridine rings is 1. The second-order valence-corrected chi connectivity index (χ2v) is 6.65. The number of amides is 1. The number of ether oxygens (including phenoxy) is 1. The summed E-state index contributed by atoms with van der Waals surface area (Å²) in [5.41, 5.74) is 4.99. The quantitative estimate of drug-likeness (QED) is 0.661. The van der Waals surface area contributed by atoms with E-state index in [1.54, 1.807) is 6.07 Å². The normalized spacial score (nSPS) is 14.9. The molecule has 1 amide bonds. The SMILES string of the molecule is CNC(=O)c1cc2c(N3CCOCC3)nc(-c3cnc(N)cc3C(F)(F)F)nn2c1. The summed E-state index contributed by atoms with van der Waals surface area (Å²) < 4.78 is 47.6. The number of nitrogen functional groups attached to an aromatic ring is 1. The van der Waals surface area contributed by atoms with Crippen molar-refractivity contribution in [3.63, 3.8) is 0 Å². The second kappa shape index (κ2) is 7.44. The Bertz CT molecular complexity index is 1110. The van der Waals surface area contributed by atoms with Gasteiger partial charge in [-0.25, -0.2) is 14.5 Å². The number of nitrogens with one attached hydrogen (secondary N) is 1. The highest BCUT2D eigenvalue weighted by Crippen LogP contribution is 2.37. The summed E-state index contributed by atoms with van der Waals surface area (Å²) >= 11 is 0. The van der Waals surface area contributed by atoms with Gasteiger partial charge in [0.25, 0.3) is 5.91 Å². The number of carbonyl (C=O) groups excluding carboxylic acids is 1. The van der Waals surface area contributed by atoms with E-state index in [4.69, 9.17) is 10.5 Å². The summed E-state index contributed by atoms with van der Waals surface area (Å²) in [5.74, 6) is -0.380. The van der Waals surface area contributed by atoms with Gasteiger partial charge in [0.2, 0.25) is 0 Å². The van der Waals surface area contributed by atoms with Crippen LogP contribution in [-0.2, 0) is 10.9 Å². The third kappa shape index (κ3) is 3.61. The van der Waals surface area contributed by atoms with Crippen molar-refractivity contribution in [3.8, 4) is 11.4 Å². The van der Waals surface area contributed by atoms with Crippen molar-refractivity contribution in [1.82, 2.24) is 24.9 Å². The lowest BCUT2D eigenvalue weighted by Gasteiger charge is -2.28. The lowest BCUT2D eigenvalue weighted by molar-refractivity contribution is -0.137. The number of carbonyl (C=O) groups is 1. The topological polar surface area (TPSA) is 111 Å². The molecule has 1 fully saturated rings. The number of aromatic nitrogens is 4. The van der Waals surface area contributed by atoms with E-state index >= 15 is 0 Å². The van der Waals surface area contributed by atoms with E-state index in [2.05, 4.69) is 20.4 Å². The molecule has 3 N–H and O–H groups in total. The molecule has 0 aliphatic carbocycles. The molecule has 4 heterocycles. The zero-order valence-electron chi connectivity index (χ0n) is 15.9. The summed E-state index contributed by atoms with van der Waals surface area (Å²) in [6, 6.07) is 2.35. The van der Waals surface area contributed by atoms with Crippen molar-refractivity contribution in [3.05, 3.63) is 35.7 Å². The highest BCUT2D eigenvalue weighted by atomic mass is 19.4. The van der Waals surface area contributed by atoms with Crippen LogP contribution in [0.15, 0.2) is 24.5 Å². The van der Waals surface area contributed by atoms with E-state index < -0.39 is 11.7 Å². The summed E-state index contributed by atoms with van der Waals surface area (Å²) in [7, 11) is 1.49. The largest absolute Gasteiger partial charge is 0.417 e. The average Bonchev–Trinajstić information content (AvgIpc) is 3.16. The van der Waals surface area contributed by atoms with E-state index in [0.29, 0.717) is 43.2 Å². The Morgan fingerprint density at radius 1 is 1.27 bits per heavy atom. The zero-order valence-corrected chi connectivity index (χ0v) is 15.9. The van der Waals surface area contributed by atoms with Gasteiger partial charge in [-0.2, -0.15) is 13.2 Å². The van der Waals surface area contributed by atoms with E-state index in [1.165, 1.54) is 17.8 Å². The molecular weight excluding hydrogens is 403 g/mol. The Labute approximate surface area is 168 Å². The molecule has 0 atom stereocenters. The van der Waals surface area contributed by atoms with Crippen molar-refractivity contribution >= 4 is 23.1 Å². The van der Waals surface area contributed by atoms with Crippen LogP contribution in [-0.4, -0.2) is 58.8 Å². The second-order valence-electron chi connectivity index (χ2n) is 6.65. The lowest BCUT2D eigenvalue weighted by Crippen LogP contribution is -2.37. The average molecular weight is 421 g/mol. The minimum absolute atomic E-state index is 0.178. The number of hydrogen-bond acceptors (Lipinski definition) is 7. The number of fused-ring (bicyclic) bond motifs is 1. The van der Waals surface area contributed by atoms with Crippen LogP contribution in [0.3, 0.4) is 0 Å². The molecule has 0 aromatic carbocycles. The van der Waals surface area contributed by atoms with Gasteiger partial charge in [0, 0.05) is 32.5 Å². The summed E-state index contributed by atoms with van der Waals surface area (Å²) in [6.07, 6.45) is -2.22. The molecule has 0 spiro atoms. The summed E-state index contributed by atoms with van der Waals surface area (Å²) in [5, 5.41) is 6.75. The lowest BCUT2D eigenvalue weighted by atomic mass is 10.1. The zero-order chi connectivity index (χ0) is 21.5. The number of morpholine rings is 1. The molecule has 158 valence electrons. The Kier molecular flexibility index (Phi) is 4.94. The molecule has 3 aromatic heterocycles. The van der Waals surface area contributed by atoms with Gasteiger partial charge >= 0.3 is 6.18 Å². The third-order valence-corrected chi connectivity index (χ3v) is 4.72. The fraction of sp³-hybridized carbons (Fsp3) is 0.333. The first-order chi connectivity index (χ1) is 14.3. The number of rotatable bonds is 3. The van der Waals surface area contributed by atoms with E-state index in [9.17, 15) is 18.0 Å². The maximum absolute atomic E-state index is 13.6. The molecule has 0 unspecified atom stereocenters. The van der Waals surface area contributed by atoms with Gasteiger partial charge in [0.15, 0.2) is 11.6 Å². The minimum Gasteiger partial charge on any atom is -0.384 e. The first-order valence-corrected chi connectivity index (χ1v) is 9.06. The van der Waals surface area contributed by atoms with Crippen molar-refractivity contribution in [1.29, 1.82) is 0 Å². The van der Waals surface area contributed by atoms with E-state index in [1.807, 2.05) is 4.90 Å². The Morgan fingerprint density at radius 2 is 2.00 bits per heavy atom. The van der Waals surface area contributed by atoms with Gasteiger partial charge in [-0.3, -0.25) is 4.79 Å². The predicted molar refractivity (Wildman–Crippen MR) is 102 cm³/mol. The molecule has 0 saturated carbocycles. The fourth-order valence-electron chi connectivity index (χ4n) is 3.26. The molecular formula is C18H18F3N7O2. The van der Waals surface area contributed by atoms with Crippen LogP contribution in [0.5, 0.6) is 0 Å². The maximum Gasteiger partial charge on any atom is 0.417 e. The van der Waals surface area contributed by atoms with Crippen LogP contribution in [0, 0.1) is 0 Å². The summed E-state index contributed by atoms with van der Waals surface area (Å²) in [6.45, 7) is 1.90. The molecule has 12 heteroatoms. The van der Waals surface area contributed by atoms with Crippen LogP contribution < -0.4 is 16.0 Å². The molecule has 1 aliphatic heterocycles.